The van der Waals surface area contributed by atoms with Crippen LogP contribution in [0.4, 0.5) is 10.8 Å². The van der Waals surface area contributed by atoms with E-state index < -0.39 is 0 Å². The SMILES string of the molecule is C[C@@H]1CN(c2cccc(-c3csc(NC(=O)CNC(=O)c4ccnc(C(C)(C)C)c4)n3)c2)C[C@H](C)O1. The molecule has 0 saturated carbocycles. The summed E-state index contributed by atoms with van der Waals surface area (Å²) in [6, 6.07) is 11.6. The molecule has 0 unspecified atom stereocenters. The van der Waals surface area contributed by atoms with Crippen LogP contribution in [0.15, 0.2) is 48.0 Å². The van der Waals surface area contributed by atoms with Gasteiger partial charge >= 0.3 is 0 Å². The Kier molecular flexibility index (Phi) is 7.70. The molecular formula is C27H33N5O3S. The molecule has 2 atom stereocenters. The standard InChI is InChI=1S/C27H33N5O3S/c1-17-14-32(15-18(2)35-17)21-8-6-7-19(11-21)22-16-36-26(30-22)31-24(33)13-29-25(34)20-9-10-28-23(12-20)27(3,4)5/h6-12,16-18H,13-15H2,1-5H3,(H,29,34)(H,30,31,33)/t17-,18+. The maximum Gasteiger partial charge on any atom is 0.251 e. The Bertz CT molecular complexity index is 1230. The molecule has 1 aliphatic heterocycles. The molecule has 4 rings (SSSR count). The minimum Gasteiger partial charge on any atom is -0.372 e. The first-order valence-corrected chi connectivity index (χ1v) is 13.0. The minimum absolute atomic E-state index is 0.149. The highest BCUT2D eigenvalue weighted by molar-refractivity contribution is 7.14. The number of carbonyl (C=O) groups excluding carboxylic acids is 2. The number of morpholine rings is 1. The Balaban J connectivity index is 1.35. The molecule has 9 heteroatoms. The van der Waals surface area contributed by atoms with Gasteiger partial charge in [-0.05, 0) is 38.1 Å². The first-order valence-electron chi connectivity index (χ1n) is 12.1. The number of pyridine rings is 1. The van der Waals surface area contributed by atoms with Crippen LogP contribution in [0.25, 0.3) is 11.3 Å². The van der Waals surface area contributed by atoms with Crippen molar-refractivity contribution in [1.29, 1.82) is 0 Å². The normalized spacial score (nSPS) is 18.1. The summed E-state index contributed by atoms with van der Waals surface area (Å²) in [6.07, 6.45) is 1.97. The molecule has 1 saturated heterocycles. The van der Waals surface area contributed by atoms with Crippen molar-refractivity contribution in [2.75, 3.05) is 29.9 Å². The van der Waals surface area contributed by atoms with E-state index in [0.717, 1.165) is 35.7 Å². The molecule has 1 aromatic carbocycles. The number of ether oxygens (including phenoxy) is 1. The second-order valence-electron chi connectivity index (χ2n) is 10.2. The van der Waals surface area contributed by atoms with E-state index in [-0.39, 0.29) is 36.0 Å². The highest BCUT2D eigenvalue weighted by Crippen LogP contribution is 2.29. The number of nitrogens with one attached hydrogen (secondary N) is 2. The van der Waals surface area contributed by atoms with Crippen LogP contribution in [0, 0.1) is 0 Å². The van der Waals surface area contributed by atoms with Crippen LogP contribution >= 0.6 is 11.3 Å². The van der Waals surface area contributed by atoms with Crippen LogP contribution < -0.4 is 15.5 Å². The van der Waals surface area contributed by atoms with Gasteiger partial charge in [0, 0.05) is 52.6 Å². The third-order valence-electron chi connectivity index (χ3n) is 5.88. The third kappa shape index (κ3) is 6.47. The summed E-state index contributed by atoms with van der Waals surface area (Å²) in [5.41, 5.74) is 4.02. The smallest absolute Gasteiger partial charge is 0.251 e. The quantitative estimate of drug-likeness (QED) is 0.511. The molecule has 190 valence electrons. The Labute approximate surface area is 216 Å². The Morgan fingerprint density at radius 3 is 2.61 bits per heavy atom. The number of aromatic nitrogens is 2. The molecular weight excluding hydrogens is 474 g/mol. The van der Waals surface area contributed by atoms with Gasteiger partial charge in [-0.1, -0.05) is 32.9 Å². The summed E-state index contributed by atoms with van der Waals surface area (Å²) < 4.78 is 5.85. The summed E-state index contributed by atoms with van der Waals surface area (Å²) >= 11 is 1.35. The molecule has 0 aliphatic carbocycles. The zero-order valence-corrected chi connectivity index (χ0v) is 22.2. The van der Waals surface area contributed by atoms with Gasteiger partial charge in [0.1, 0.15) is 0 Å². The predicted molar refractivity (Wildman–Crippen MR) is 144 cm³/mol. The van der Waals surface area contributed by atoms with Gasteiger partial charge in [0.25, 0.3) is 5.91 Å². The van der Waals surface area contributed by atoms with E-state index in [1.807, 2.05) is 38.3 Å². The second kappa shape index (κ2) is 10.8. The van der Waals surface area contributed by atoms with E-state index >= 15 is 0 Å². The molecule has 1 fully saturated rings. The van der Waals surface area contributed by atoms with Crippen molar-refractivity contribution >= 4 is 34.0 Å². The Hall–Kier alpha value is -3.30. The van der Waals surface area contributed by atoms with Gasteiger partial charge in [0.2, 0.25) is 5.91 Å². The van der Waals surface area contributed by atoms with Crippen LogP contribution in [0.2, 0.25) is 0 Å². The predicted octanol–water partition coefficient (Wildman–Crippen LogP) is 4.48. The van der Waals surface area contributed by atoms with Crippen LogP contribution in [-0.2, 0) is 14.9 Å². The first-order chi connectivity index (χ1) is 17.1. The van der Waals surface area contributed by atoms with Crippen LogP contribution in [0.3, 0.4) is 0 Å². The van der Waals surface area contributed by atoms with Gasteiger partial charge in [0.15, 0.2) is 5.13 Å². The van der Waals surface area contributed by atoms with Crippen LogP contribution in [0.1, 0.15) is 50.7 Å². The highest BCUT2D eigenvalue weighted by Gasteiger charge is 2.23. The number of amides is 2. The fourth-order valence-corrected chi connectivity index (χ4v) is 4.86. The summed E-state index contributed by atoms with van der Waals surface area (Å²) in [4.78, 5) is 36.2. The zero-order valence-electron chi connectivity index (χ0n) is 21.4. The molecule has 0 radical (unpaired) electrons. The lowest BCUT2D eigenvalue weighted by Crippen LogP contribution is -2.45. The van der Waals surface area contributed by atoms with E-state index in [0.29, 0.717) is 10.7 Å². The molecule has 3 aromatic rings. The number of thiazole rings is 1. The van der Waals surface area contributed by atoms with E-state index in [1.165, 1.54) is 11.3 Å². The van der Waals surface area contributed by atoms with Crippen molar-refractivity contribution in [2.45, 2.75) is 52.2 Å². The molecule has 2 aromatic heterocycles. The lowest BCUT2D eigenvalue weighted by Gasteiger charge is -2.37. The number of nitrogens with zero attached hydrogens (tertiary/aromatic N) is 3. The van der Waals surface area contributed by atoms with Gasteiger partial charge in [-0.2, -0.15) is 0 Å². The van der Waals surface area contributed by atoms with Gasteiger partial charge < -0.3 is 20.3 Å². The fourth-order valence-electron chi connectivity index (χ4n) is 4.12. The van der Waals surface area contributed by atoms with Crippen LogP contribution in [0.5, 0.6) is 0 Å². The topological polar surface area (TPSA) is 96.5 Å². The summed E-state index contributed by atoms with van der Waals surface area (Å²) in [7, 11) is 0. The minimum atomic E-state index is -0.334. The van der Waals surface area contributed by atoms with Gasteiger partial charge in [0.05, 0.1) is 24.4 Å². The van der Waals surface area contributed by atoms with Crippen LogP contribution in [-0.4, -0.2) is 53.6 Å². The van der Waals surface area contributed by atoms with Crippen molar-refractivity contribution in [3.05, 3.63) is 59.2 Å². The molecule has 2 amide bonds. The average Bonchev–Trinajstić information content (AvgIpc) is 3.30. The molecule has 1 aliphatic rings. The van der Waals surface area contributed by atoms with Crippen molar-refractivity contribution < 1.29 is 14.3 Å². The molecule has 0 spiro atoms. The number of rotatable bonds is 6. The molecule has 8 nitrogen and oxygen atoms in total. The van der Waals surface area contributed by atoms with Crippen molar-refractivity contribution in [1.82, 2.24) is 15.3 Å². The maximum absolute atomic E-state index is 12.5. The molecule has 36 heavy (non-hydrogen) atoms. The number of hydrogen-bond acceptors (Lipinski definition) is 7. The van der Waals surface area contributed by atoms with Crippen molar-refractivity contribution in [3.8, 4) is 11.3 Å². The van der Waals surface area contributed by atoms with Crippen molar-refractivity contribution in [3.63, 3.8) is 0 Å². The number of hydrogen-bond donors (Lipinski definition) is 2. The number of benzene rings is 1. The molecule has 3 heterocycles. The van der Waals surface area contributed by atoms with E-state index in [1.54, 1.807) is 18.3 Å². The van der Waals surface area contributed by atoms with Gasteiger partial charge in [-0.25, -0.2) is 4.98 Å². The second-order valence-corrected chi connectivity index (χ2v) is 11.0. The maximum atomic E-state index is 12.5. The van der Waals surface area contributed by atoms with E-state index in [2.05, 4.69) is 51.5 Å². The zero-order chi connectivity index (χ0) is 25.9. The molecule has 0 bridgehead atoms. The Morgan fingerprint density at radius 1 is 1.14 bits per heavy atom. The summed E-state index contributed by atoms with van der Waals surface area (Å²) in [5, 5.41) is 7.86. The average molecular weight is 508 g/mol. The lowest BCUT2D eigenvalue weighted by molar-refractivity contribution is -0.115. The largest absolute Gasteiger partial charge is 0.372 e. The van der Waals surface area contributed by atoms with Gasteiger partial charge in [-0.3, -0.25) is 14.6 Å². The van der Waals surface area contributed by atoms with Gasteiger partial charge in [-0.15, -0.1) is 11.3 Å². The first kappa shape index (κ1) is 25.8. The highest BCUT2D eigenvalue weighted by atomic mass is 32.1. The number of anilines is 2. The number of carbonyl (C=O) groups is 2. The van der Waals surface area contributed by atoms with E-state index in [4.69, 9.17) is 4.74 Å². The van der Waals surface area contributed by atoms with Crippen molar-refractivity contribution in [2.24, 2.45) is 0 Å². The monoisotopic (exact) mass is 507 g/mol. The third-order valence-corrected chi connectivity index (χ3v) is 6.63. The lowest BCUT2D eigenvalue weighted by atomic mass is 9.91. The molecule has 2 N–H and O–H groups in total. The van der Waals surface area contributed by atoms with E-state index in [9.17, 15) is 9.59 Å². The Morgan fingerprint density at radius 2 is 1.89 bits per heavy atom. The summed E-state index contributed by atoms with van der Waals surface area (Å²) in [5.74, 6) is -0.652. The fraction of sp³-hybridized carbons (Fsp3) is 0.407. The summed E-state index contributed by atoms with van der Waals surface area (Å²) in [6.45, 7) is 11.8.